The highest BCUT2D eigenvalue weighted by atomic mass is 15.6. The van der Waals surface area contributed by atoms with E-state index in [4.69, 9.17) is 0 Å². The fraction of sp³-hybridized carbons (Fsp3) is 0.667. The molecule has 0 aromatic heterocycles. The molecule has 0 saturated heterocycles. The number of nitrogens with zero attached hydrogens (tertiary/aromatic N) is 3. The Morgan fingerprint density at radius 1 is 1.71 bits per heavy atom. The predicted molar refractivity (Wildman–Crippen MR) is 26.0 cm³/mol. The highest BCUT2D eigenvalue weighted by molar-refractivity contribution is 5.83. The third kappa shape index (κ3) is 0.956. The van der Waals surface area contributed by atoms with Crippen molar-refractivity contribution >= 4 is 5.71 Å². The summed E-state index contributed by atoms with van der Waals surface area (Å²) in [5.41, 5.74) is 3.35. The predicted octanol–water partition coefficient (Wildman–Crippen LogP) is 0.333. The van der Waals surface area contributed by atoms with Gasteiger partial charge >= 0.3 is 0 Å². The van der Waals surface area contributed by atoms with Crippen LogP contribution in [0.2, 0.25) is 0 Å². The van der Waals surface area contributed by atoms with Crippen LogP contribution in [0.5, 0.6) is 0 Å². The van der Waals surface area contributed by atoms with Crippen LogP contribution >= 0.6 is 0 Å². The maximum absolute atomic E-state index is 3.74. The van der Waals surface area contributed by atoms with Gasteiger partial charge in [-0.25, -0.2) is 0 Å². The van der Waals surface area contributed by atoms with Gasteiger partial charge in [0.25, 0.3) is 0 Å². The average Bonchev–Trinajstić information content (AvgIpc) is 1.69. The van der Waals surface area contributed by atoms with Gasteiger partial charge in [-0.15, -0.1) is 0 Å². The molecule has 1 aliphatic rings. The van der Waals surface area contributed by atoms with E-state index in [1.165, 1.54) is 0 Å². The van der Waals surface area contributed by atoms with Crippen LogP contribution in [0.4, 0.5) is 0 Å². The summed E-state index contributed by atoms with van der Waals surface area (Å²) >= 11 is 0. The van der Waals surface area contributed by atoms with Gasteiger partial charge in [-0.2, -0.15) is 15.8 Å². The van der Waals surface area contributed by atoms with Crippen LogP contribution in [0.3, 0.4) is 0 Å². The lowest BCUT2D eigenvalue weighted by molar-refractivity contribution is 0.701. The Hall–Kier alpha value is -0.930. The highest BCUT2D eigenvalue weighted by Gasteiger charge is 1.90. The zero-order valence-corrected chi connectivity index (χ0v) is 4.05. The average molecular weight is 98.1 g/mol. The molecule has 1 rings (SSSR count). The molecule has 0 unspecified atom stereocenters. The number of hydrogen-bond donors (Lipinski definition) is 1. The second-order valence-electron chi connectivity index (χ2n) is 1.35. The highest BCUT2D eigenvalue weighted by Crippen LogP contribution is 1.83. The quantitative estimate of drug-likeness (QED) is 0.466. The van der Waals surface area contributed by atoms with E-state index in [0.29, 0.717) is 6.54 Å². The summed E-state index contributed by atoms with van der Waals surface area (Å²) < 4.78 is 0. The molecule has 4 heteroatoms. The molecule has 0 bridgehead atoms. The van der Waals surface area contributed by atoms with E-state index in [1.54, 1.807) is 0 Å². The van der Waals surface area contributed by atoms with Gasteiger partial charge in [0.1, 0.15) is 6.54 Å². The molecule has 0 amide bonds. The molecular formula is C3H6N4. The summed E-state index contributed by atoms with van der Waals surface area (Å²) in [6.45, 7) is 2.53. The van der Waals surface area contributed by atoms with Gasteiger partial charge in [0.05, 0.1) is 5.71 Å². The normalized spacial score (nSPS) is 18.1. The second-order valence-corrected chi connectivity index (χ2v) is 1.35. The minimum absolute atomic E-state index is 0.632. The van der Waals surface area contributed by atoms with Crippen LogP contribution in [0.15, 0.2) is 15.4 Å². The molecule has 0 fully saturated rings. The fourth-order valence-corrected chi connectivity index (χ4v) is 0.312. The molecule has 0 atom stereocenters. The van der Waals surface area contributed by atoms with Crippen molar-refractivity contribution in [1.82, 2.24) is 5.53 Å². The van der Waals surface area contributed by atoms with Crippen LogP contribution in [-0.2, 0) is 0 Å². The van der Waals surface area contributed by atoms with E-state index in [1.807, 2.05) is 6.92 Å². The van der Waals surface area contributed by atoms with Crippen molar-refractivity contribution in [3.05, 3.63) is 0 Å². The molecular weight excluding hydrogens is 92.1 g/mol. The van der Waals surface area contributed by atoms with E-state index in [9.17, 15) is 0 Å². The van der Waals surface area contributed by atoms with Gasteiger partial charge in [0, 0.05) is 0 Å². The van der Waals surface area contributed by atoms with E-state index in [-0.39, 0.29) is 0 Å². The first-order valence-corrected chi connectivity index (χ1v) is 2.04. The molecule has 1 aliphatic heterocycles. The Morgan fingerprint density at radius 2 is 2.57 bits per heavy atom. The molecule has 4 nitrogen and oxygen atoms in total. The third-order valence-electron chi connectivity index (χ3n) is 0.656. The molecule has 0 saturated carbocycles. The van der Waals surface area contributed by atoms with Crippen LogP contribution < -0.4 is 5.53 Å². The van der Waals surface area contributed by atoms with Gasteiger partial charge < -0.3 is 0 Å². The Kier molecular flexibility index (Phi) is 1.02. The summed E-state index contributed by atoms with van der Waals surface area (Å²) in [6.07, 6.45) is 0. The standard InChI is InChI=1S/C3H6N4/c1-3-2-4-6-7-5-3/h2H2,1H3,(H,4,7). The Labute approximate surface area is 41.3 Å². The molecule has 1 heterocycles. The second kappa shape index (κ2) is 1.68. The summed E-state index contributed by atoms with van der Waals surface area (Å²) in [7, 11) is 0. The largest absolute Gasteiger partial charge is 0.179 e. The number of hydrogen-bond acceptors (Lipinski definition) is 4. The molecule has 1 N–H and O–H groups in total. The maximum Gasteiger partial charge on any atom is 0.102 e. The Morgan fingerprint density at radius 3 is 2.86 bits per heavy atom. The minimum atomic E-state index is 0.632. The van der Waals surface area contributed by atoms with Crippen LogP contribution in [0, 0.1) is 0 Å². The zero-order valence-electron chi connectivity index (χ0n) is 4.05. The molecule has 0 spiro atoms. The van der Waals surface area contributed by atoms with Gasteiger partial charge in [-0.05, 0) is 6.92 Å². The Balaban J connectivity index is 2.50. The van der Waals surface area contributed by atoms with Crippen molar-refractivity contribution in [3.8, 4) is 0 Å². The van der Waals surface area contributed by atoms with Crippen LogP contribution in [0.1, 0.15) is 6.92 Å². The fourth-order valence-electron chi connectivity index (χ4n) is 0.312. The molecule has 0 radical (unpaired) electrons. The van der Waals surface area contributed by atoms with Crippen molar-refractivity contribution in [1.29, 1.82) is 0 Å². The Bertz CT molecular complexity index is 114. The first kappa shape index (κ1) is 4.23. The monoisotopic (exact) mass is 98.1 g/mol. The van der Waals surface area contributed by atoms with E-state index in [0.717, 1.165) is 5.71 Å². The van der Waals surface area contributed by atoms with E-state index in [2.05, 4.69) is 21.0 Å². The third-order valence-corrected chi connectivity index (χ3v) is 0.656. The van der Waals surface area contributed by atoms with Gasteiger partial charge in [-0.3, -0.25) is 0 Å². The first-order valence-electron chi connectivity index (χ1n) is 2.04. The molecule has 0 aromatic carbocycles. The van der Waals surface area contributed by atoms with Gasteiger partial charge in [0.15, 0.2) is 0 Å². The molecule has 38 valence electrons. The van der Waals surface area contributed by atoms with Crippen molar-refractivity contribution in [2.45, 2.75) is 6.92 Å². The lowest BCUT2D eigenvalue weighted by Gasteiger charge is -1.97. The van der Waals surface area contributed by atoms with Gasteiger partial charge in [-0.1, -0.05) is 5.22 Å². The van der Waals surface area contributed by atoms with Crippen molar-refractivity contribution in [2.75, 3.05) is 6.54 Å². The van der Waals surface area contributed by atoms with Crippen molar-refractivity contribution in [3.63, 3.8) is 0 Å². The lowest BCUT2D eigenvalue weighted by atomic mass is 10.4. The minimum Gasteiger partial charge on any atom is -0.179 e. The lowest BCUT2D eigenvalue weighted by Crippen LogP contribution is -2.08. The van der Waals surface area contributed by atoms with E-state index >= 15 is 0 Å². The number of hydrazone groups is 1. The summed E-state index contributed by atoms with van der Waals surface area (Å²) in [5.74, 6) is 0. The first-order chi connectivity index (χ1) is 3.39. The smallest absolute Gasteiger partial charge is 0.102 e. The molecule has 0 aliphatic carbocycles. The van der Waals surface area contributed by atoms with Crippen molar-refractivity contribution < 1.29 is 0 Å². The molecule has 0 aromatic rings. The van der Waals surface area contributed by atoms with Crippen molar-refractivity contribution in [2.24, 2.45) is 15.4 Å². The SMILES string of the molecule is CC1=NNN=NC1. The van der Waals surface area contributed by atoms with Crippen LogP contribution in [-0.4, -0.2) is 12.3 Å². The zero-order chi connectivity index (χ0) is 5.11. The molecule has 7 heavy (non-hydrogen) atoms. The number of nitrogens with one attached hydrogen (secondary N) is 1. The summed E-state index contributed by atoms with van der Waals surface area (Å²) in [6, 6.07) is 0. The maximum atomic E-state index is 3.74. The number of rotatable bonds is 0. The summed E-state index contributed by atoms with van der Waals surface area (Å²) in [4.78, 5) is 0. The summed E-state index contributed by atoms with van der Waals surface area (Å²) in [5, 5.41) is 10.8. The topological polar surface area (TPSA) is 49.1 Å². The van der Waals surface area contributed by atoms with Crippen LogP contribution in [0.25, 0.3) is 0 Å². The van der Waals surface area contributed by atoms with Gasteiger partial charge in [0.2, 0.25) is 0 Å². The van der Waals surface area contributed by atoms with E-state index < -0.39 is 0 Å².